The minimum absolute atomic E-state index is 0.190. The number of amides is 1. The van der Waals surface area contributed by atoms with Gasteiger partial charge < -0.3 is 9.88 Å². The molecule has 0 saturated heterocycles. The van der Waals surface area contributed by atoms with Gasteiger partial charge in [-0.1, -0.05) is 36.4 Å². The molecular weight excluding hydrogens is 371 g/mol. The molecule has 3 N–H and O–H groups in total. The Morgan fingerprint density at radius 1 is 1.15 bits per heavy atom. The zero-order valence-electron chi connectivity index (χ0n) is 13.9. The van der Waals surface area contributed by atoms with E-state index in [4.69, 9.17) is 0 Å². The minimum atomic E-state index is -4.14. The molecule has 2 aromatic heterocycles. The highest BCUT2D eigenvalue weighted by molar-refractivity contribution is 7.51. The normalized spacial score (nSPS) is 12.9. The average Bonchev–Trinajstić information content (AvgIpc) is 2.67. The molecule has 2 heterocycles. The Labute approximate surface area is 153 Å². The summed E-state index contributed by atoms with van der Waals surface area (Å²) in [5.41, 5.74) is 1.73. The van der Waals surface area contributed by atoms with Gasteiger partial charge in [0.05, 0.1) is 6.16 Å². The molecule has 0 fully saturated rings. The van der Waals surface area contributed by atoms with Crippen molar-refractivity contribution in [2.45, 2.75) is 6.16 Å². The highest BCUT2D eigenvalue weighted by Crippen LogP contribution is 2.44. The van der Waals surface area contributed by atoms with E-state index >= 15 is 0 Å². The van der Waals surface area contributed by atoms with Gasteiger partial charge in [-0.2, -0.15) is 4.62 Å². The van der Waals surface area contributed by atoms with Gasteiger partial charge in [0.25, 0.3) is 11.5 Å². The summed E-state index contributed by atoms with van der Waals surface area (Å²) in [6.07, 6.45) is 2.29. The van der Waals surface area contributed by atoms with E-state index in [0.717, 1.165) is 6.20 Å². The lowest BCUT2D eigenvalue weighted by Gasteiger charge is -2.12. The zero-order chi connectivity index (χ0) is 19.3. The Balaban J connectivity index is 1.67. The molecule has 3 aromatic rings. The van der Waals surface area contributed by atoms with Crippen LogP contribution in [0.1, 0.15) is 15.9 Å². The molecule has 10 heteroatoms. The number of nitrogens with zero attached hydrogens (tertiary/aromatic N) is 2. The topological polar surface area (TPSA) is 134 Å². The first kappa shape index (κ1) is 18.7. The molecule has 1 amide bonds. The number of carbonyl (C=O) groups excluding carboxylic acids is 1. The fourth-order valence-corrected chi connectivity index (χ4v) is 3.17. The molecule has 0 radical (unpaired) electrons. The highest BCUT2D eigenvalue weighted by atomic mass is 31.2. The van der Waals surface area contributed by atoms with Crippen LogP contribution in [0, 0.1) is 0 Å². The van der Waals surface area contributed by atoms with E-state index in [1.807, 2.05) is 5.48 Å². The van der Waals surface area contributed by atoms with Crippen LogP contribution in [0.4, 0.5) is 0 Å². The standard InChI is InChI=1S/C17H15N4O5P/c22-16-13(10-19-15(20-16)14-8-4-5-9-18-14)17(23)21-26-27(24,25)11-12-6-2-1-3-7-12/h1-10H,11H2,(H,21,23)(H,24,25)(H,19,20,22). The van der Waals surface area contributed by atoms with Crippen molar-refractivity contribution < 1.29 is 18.9 Å². The van der Waals surface area contributed by atoms with Gasteiger partial charge in [-0.05, 0) is 17.7 Å². The number of nitrogens with one attached hydrogen (secondary N) is 2. The molecule has 3 rings (SSSR count). The number of pyridine rings is 1. The second-order valence-electron chi connectivity index (χ2n) is 5.49. The van der Waals surface area contributed by atoms with Gasteiger partial charge >= 0.3 is 7.60 Å². The lowest BCUT2D eigenvalue weighted by molar-refractivity contribution is 0.0727. The maximum atomic E-state index is 12.1. The van der Waals surface area contributed by atoms with Gasteiger partial charge in [0, 0.05) is 12.4 Å². The van der Waals surface area contributed by atoms with Crippen molar-refractivity contribution in [2.75, 3.05) is 0 Å². The summed E-state index contributed by atoms with van der Waals surface area (Å²) >= 11 is 0. The van der Waals surface area contributed by atoms with E-state index in [1.165, 1.54) is 6.20 Å². The van der Waals surface area contributed by atoms with E-state index < -0.39 is 19.1 Å². The fourth-order valence-electron chi connectivity index (χ4n) is 2.20. The number of aromatic nitrogens is 3. The number of rotatable bonds is 6. The predicted octanol–water partition coefficient (Wildman–Crippen LogP) is 1.88. The van der Waals surface area contributed by atoms with Gasteiger partial charge in [0.15, 0.2) is 5.82 Å². The Kier molecular flexibility index (Phi) is 5.56. The molecule has 0 aliphatic rings. The van der Waals surface area contributed by atoms with Crippen molar-refractivity contribution in [2.24, 2.45) is 0 Å². The number of H-pyrrole nitrogens is 1. The number of benzene rings is 1. The van der Waals surface area contributed by atoms with Crippen LogP contribution in [0.15, 0.2) is 65.7 Å². The SMILES string of the molecule is O=C(NOP(=O)(O)Cc1ccccc1)c1cnc(-c2ccccn2)[nH]c1=O. The maximum Gasteiger partial charge on any atom is 0.353 e. The van der Waals surface area contributed by atoms with Crippen LogP contribution in [0.3, 0.4) is 0 Å². The fraction of sp³-hybridized carbons (Fsp3) is 0.0588. The van der Waals surface area contributed by atoms with Crippen LogP contribution in [0.5, 0.6) is 0 Å². The molecule has 27 heavy (non-hydrogen) atoms. The van der Waals surface area contributed by atoms with Gasteiger partial charge in [0.2, 0.25) is 0 Å². The Morgan fingerprint density at radius 2 is 1.89 bits per heavy atom. The summed E-state index contributed by atoms with van der Waals surface area (Å²) in [4.78, 5) is 44.5. The summed E-state index contributed by atoms with van der Waals surface area (Å²) in [5, 5.41) is 0. The summed E-state index contributed by atoms with van der Waals surface area (Å²) in [7, 11) is -4.14. The molecule has 1 aromatic carbocycles. The summed E-state index contributed by atoms with van der Waals surface area (Å²) in [6.45, 7) is 0. The average molecular weight is 386 g/mol. The first-order valence-electron chi connectivity index (χ1n) is 7.80. The van der Waals surface area contributed by atoms with Crippen molar-refractivity contribution in [3.63, 3.8) is 0 Å². The lowest BCUT2D eigenvalue weighted by Crippen LogP contribution is -2.29. The Bertz CT molecular complexity index is 1040. The Morgan fingerprint density at radius 3 is 2.56 bits per heavy atom. The predicted molar refractivity (Wildman–Crippen MR) is 96.6 cm³/mol. The van der Waals surface area contributed by atoms with Crippen LogP contribution < -0.4 is 11.0 Å². The van der Waals surface area contributed by atoms with E-state index in [9.17, 15) is 19.0 Å². The first-order chi connectivity index (χ1) is 12.9. The van der Waals surface area contributed by atoms with Crippen molar-refractivity contribution in [1.29, 1.82) is 0 Å². The van der Waals surface area contributed by atoms with Crippen molar-refractivity contribution >= 4 is 13.5 Å². The van der Waals surface area contributed by atoms with Gasteiger partial charge in [-0.3, -0.25) is 19.1 Å². The van der Waals surface area contributed by atoms with Crippen molar-refractivity contribution in [3.8, 4) is 11.5 Å². The summed E-state index contributed by atoms with van der Waals surface area (Å²) < 4.78 is 16.7. The van der Waals surface area contributed by atoms with Crippen LogP contribution in [0.25, 0.3) is 11.5 Å². The monoisotopic (exact) mass is 386 g/mol. The molecule has 0 aliphatic heterocycles. The molecule has 9 nitrogen and oxygen atoms in total. The smallest absolute Gasteiger partial charge is 0.323 e. The molecule has 0 bridgehead atoms. The van der Waals surface area contributed by atoms with E-state index in [2.05, 4.69) is 19.6 Å². The van der Waals surface area contributed by atoms with E-state index in [0.29, 0.717) is 11.3 Å². The molecular formula is C17H15N4O5P. The zero-order valence-corrected chi connectivity index (χ0v) is 14.8. The summed E-state index contributed by atoms with van der Waals surface area (Å²) in [6, 6.07) is 13.6. The largest absolute Gasteiger partial charge is 0.353 e. The number of carbonyl (C=O) groups is 1. The van der Waals surface area contributed by atoms with Crippen molar-refractivity contribution in [1.82, 2.24) is 20.4 Å². The number of hydrogen-bond acceptors (Lipinski definition) is 6. The van der Waals surface area contributed by atoms with Crippen LogP contribution >= 0.6 is 7.60 Å². The molecule has 1 atom stereocenters. The second-order valence-corrected chi connectivity index (χ2v) is 7.27. The third-order valence-electron chi connectivity index (χ3n) is 3.46. The van der Waals surface area contributed by atoms with Crippen LogP contribution in [-0.4, -0.2) is 25.8 Å². The van der Waals surface area contributed by atoms with Gasteiger partial charge in [0.1, 0.15) is 11.3 Å². The molecule has 0 aliphatic carbocycles. The van der Waals surface area contributed by atoms with Gasteiger partial charge in [-0.15, -0.1) is 0 Å². The lowest BCUT2D eigenvalue weighted by atomic mass is 10.2. The maximum absolute atomic E-state index is 12.1. The van der Waals surface area contributed by atoms with Crippen LogP contribution in [0.2, 0.25) is 0 Å². The number of hydroxylamine groups is 1. The highest BCUT2D eigenvalue weighted by Gasteiger charge is 2.23. The number of hydrogen-bond donors (Lipinski definition) is 3. The van der Waals surface area contributed by atoms with E-state index in [-0.39, 0.29) is 17.5 Å². The third-order valence-corrected chi connectivity index (χ3v) is 4.60. The van der Waals surface area contributed by atoms with Crippen molar-refractivity contribution in [3.05, 3.63) is 82.4 Å². The Hall–Kier alpha value is -3.13. The third kappa shape index (κ3) is 4.95. The molecule has 0 saturated carbocycles. The second kappa shape index (κ2) is 8.05. The van der Waals surface area contributed by atoms with Crippen LogP contribution in [-0.2, 0) is 15.4 Å². The quantitative estimate of drug-likeness (QED) is 0.435. The minimum Gasteiger partial charge on any atom is -0.323 e. The van der Waals surface area contributed by atoms with E-state index in [1.54, 1.807) is 48.5 Å². The molecule has 138 valence electrons. The number of aromatic amines is 1. The molecule has 1 unspecified atom stereocenters. The summed E-state index contributed by atoms with van der Waals surface area (Å²) in [5.74, 6) is -0.798. The molecule has 0 spiro atoms. The first-order valence-corrected chi connectivity index (χ1v) is 9.56. The van der Waals surface area contributed by atoms with Gasteiger partial charge in [-0.25, -0.2) is 10.5 Å².